The molecule has 0 spiro atoms. The minimum Gasteiger partial charge on any atom is -0.340 e. The number of nitrogens with zero attached hydrogens (tertiary/aromatic N) is 4. The first kappa shape index (κ1) is 17.5. The molecular weight excluding hydrogens is 326 g/mol. The Labute approximate surface area is 145 Å². The Hall–Kier alpha value is -2.28. The molecule has 0 bridgehead atoms. The Balaban J connectivity index is 1.46. The number of hydrogen-bond donors (Lipinski definition) is 0. The van der Waals surface area contributed by atoms with Crippen molar-refractivity contribution in [2.24, 2.45) is 0 Å². The molecule has 25 heavy (non-hydrogen) atoms. The molecule has 1 aromatic heterocycles. The molecule has 0 N–H and O–H groups in total. The molecule has 2 aromatic rings. The second kappa shape index (κ2) is 7.74. The van der Waals surface area contributed by atoms with Gasteiger partial charge in [0.2, 0.25) is 5.91 Å². The van der Waals surface area contributed by atoms with E-state index in [1.54, 1.807) is 10.7 Å². The van der Waals surface area contributed by atoms with Crippen LogP contribution in [-0.2, 0) is 17.9 Å². The predicted molar refractivity (Wildman–Crippen MR) is 89.8 cm³/mol. The molecule has 1 saturated heterocycles. The van der Waals surface area contributed by atoms with Gasteiger partial charge in [-0.15, -0.1) is 0 Å². The normalized spacial score (nSPS) is 15.6. The van der Waals surface area contributed by atoms with Crippen molar-refractivity contribution in [2.75, 3.05) is 26.2 Å². The smallest absolute Gasteiger partial charge is 0.224 e. The number of carbonyl (C=O) groups excluding carboxylic acids is 1. The van der Waals surface area contributed by atoms with Crippen LogP contribution in [0, 0.1) is 18.6 Å². The highest BCUT2D eigenvalue weighted by atomic mass is 19.2. The molecule has 2 heterocycles. The number of piperazine rings is 1. The summed E-state index contributed by atoms with van der Waals surface area (Å²) in [7, 11) is 0. The maximum Gasteiger partial charge on any atom is 0.224 e. The molecule has 1 fully saturated rings. The van der Waals surface area contributed by atoms with Crippen molar-refractivity contribution in [3.05, 3.63) is 53.4 Å². The largest absolute Gasteiger partial charge is 0.340 e. The first-order chi connectivity index (χ1) is 12.0. The van der Waals surface area contributed by atoms with Gasteiger partial charge in [-0.25, -0.2) is 8.78 Å². The lowest BCUT2D eigenvalue weighted by atomic mass is 10.1. The molecule has 1 aromatic carbocycles. The summed E-state index contributed by atoms with van der Waals surface area (Å²) < 4.78 is 28.8. The molecule has 0 radical (unpaired) electrons. The maximum atomic E-state index is 13.8. The van der Waals surface area contributed by atoms with E-state index in [-0.39, 0.29) is 5.91 Å². The van der Waals surface area contributed by atoms with Gasteiger partial charge in [0.05, 0.1) is 5.69 Å². The van der Waals surface area contributed by atoms with Gasteiger partial charge < -0.3 is 4.90 Å². The lowest BCUT2D eigenvalue weighted by molar-refractivity contribution is -0.133. The number of amides is 1. The third kappa shape index (κ3) is 4.42. The standard InChI is InChI=1S/C18H22F2N4O/c1-14-5-7-24(21-14)8-6-17(25)23-11-9-22(10-12-23)13-15-3-2-4-16(19)18(15)20/h2-5,7H,6,8-13H2,1H3. The fourth-order valence-electron chi connectivity index (χ4n) is 3.02. The van der Waals surface area contributed by atoms with Gasteiger partial charge >= 0.3 is 0 Å². The maximum absolute atomic E-state index is 13.8. The highest BCUT2D eigenvalue weighted by Gasteiger charge is 2.22. The zero-order valence-electron chi connectivity index (χ0n) is 14.3. The Morgan fingerprint density at radius 2 is 1.92 bits per heavy atom. The van der Waals surface area contributed by atoms with E-state index in [2.05, 4.69) is 5.10 Å². The number of rotatable bonds is 5. The van der Waals surface area contributed by atoms with E-state index in [1.165, 1.54) is 6.07 Å². The topological polar surface area (TPSA) is 41.4 Å². The summed E-state index contributed by atoms with van der Waals surface area (Å²) in [4.78, 5) is 16.2. The third-order valence-electron chi connectivity index (χ3n) is 4.48. The molecule has 1 amide bonds. The quantitative estimate of drug-likeness (QED) is 0.832. The highest BCUT2D eigenvalue weighted by Crippen LogP contribution is 2.15. The summed E-state index contributed by atoms with van der Waals surface area (Å²) in [5.41, 5.74) is 1.29. The molecule has 0 saturated carbocycles. The van der Waals surface area contributed by atoms with Crippen molar-refractivity contribution < 1.29 is 13.6 Å². The second-order valence-electron chi connectivity index (χ2n) is 6.34. The summed E-state index contributed by atoms with van der Waals surface area (Å²) in [6, 6.07) is 6.15. The van der Waals surface area contributed by atoms with Gasteiger partial charge in [0, 0.05) is 57.4 Å². The van der Waals surface area contributed by atoms with E-state index in [4.69, 9.17) is 0 Å². The molecule has 0 aliphatic carbocycles. The average Bonchev–Trinajstić information content (AvgIpc) is 3.03. The van der Waals surface area contributed by atoms with Gasteiger partial charge in [-0.2, -0.15) is 5.10 Å². The fraction of sp³-hybridized carbons (Fsp3) is 0.444. The van der Waals surface area contributed by atoms with Gasteiger partial charge in [-0.1, -0.05) is 12.1 Å². The van der Waals surface area contributed by atoms with E-state index in [1.807, 2.05) is 29.0 Å². The molecular formula is C18H22F2N4O. The number of aromatic nitrogens is 2. The van der Waals surface area contributed by atoms with Crippen LogP contribution < -0.4 is 0 Å². The monoisotopic (exact) mass is 348 g/mol. The van der Waals surface area contributed by atoms with E-state index >= 15 is 0 Å². The van der Waals surface area contributed by atoms with Crippen molar-refractivity contribution >= 4 is 5.91 Å². The number of hydrogen-bond acceptors (Lipinski definition) is 3. The molecule has 0 atom stereocenters. The Kier molecular flexibility index (Phi) is 5.43. The number of carbonyl (C=O) groups is 1. The molecule has 5 nitrogen and oxygen atoms in total. The van der Waals surface area contributed by atoms with Gasteiger partial charge in [0.1, 0.15) is 0 Å². The molecule has 7 heteroatoms. The van der Waals surface area contributed by atoms with Crippen molar-refractivity contribution in [2.45, 2.75) is 26.4 Å². The molecule has 0 unspecified atom stereocenters. The van der Waals surface area contributed by atoms with Crippen LogP contribution in [0.5, 0.6) is 0 Å². The van der Waals surface area contributed by atoms with E-state index in [0.29, 0.717) is 51.3 Å². The van der Waals surface area contributed by atoms with Crippen LogP contribution in [0.15, 0.2) is 30.5 Å². The Morgan fingerprint density at radius 3 is 2.60 bits per heavy atom. The van der Waals surface area contributed by atoms with Gasteiger partial charge in [-0.05, 0) is 19.1 Å². The second-order valence-corrected chi connectivity index (χ2v) is 6.34. The van der Waals surface area contributed by atoms with Crippen LogP contribution in [0.2, 0.25) is 0 Å². The summed E-state index contributed by atoms with van der Waals surface area (Å²) in [5.74, 6) is -1.50. The van der Waals surface area contributed by atoms with Crippen LogP contribution in [0.25, 0.3) is 0 Å². The summed E-state index contributed by atoms with van der Waals surface area (Å²) in [5, 5.41) is 4.27. The average molecular weight is 348 g/mol. The summed E-state index contributed by atoms with van der Waals surface area (Å²) in [6.45, 7) is 5.37. The molecule has 3 rings (SSSR count). The Morgan fingerprint density at radius 1 is 1.16 bits per heavy atom. The number of aryl methyl sites for hydroxylation is 2. The van der Waals surface area contributed by atoms with E-state index < -0.39 is 11.6 Å². The minimum absolute atomic E-state index is 0.102. The van der Waals surface area contributed by atoms with Crippen LogP contribution in [0.1, 0.15) is 17.7 Å². The van der Waals surface area contributed by atoms with Crippen molar-refractivity contribution in [3.8, 4) is 0 Å². The minimum atomic E-state index is -0.819. The van der Waals surface area contributed by atoms with Crippen LogP contribution in [-0.4, -0.2) is 51.7 Å². The van der Waals surface area contributed by atoms with Crippen LogP contribution in [0.4, 0.5) is 8.78 Å². The van der Waals surface area contributed by atoms with Crippen molar-refractivity contribution in [3.63, 3.8) is 0 Å². The predicted octanol–water partition coefficient (Wildman–Crippen LogP) is 2.20. The fourth-order valence-corrected chi connectivity index (χ4v) is 3.02. The van der Waals surface area contributed by atoms with Crippen LogP contribution in [0.3, 0.4) is 0 Å². The number of halogens is 2. The zero-order chi connectivity index (χ0) is 17.8. The van der Waals surface area contributed by atoms with Crippen molar-refractivity contribution in [1.82, 2.24) is 19.6 Å². The zero-order valence-corrected chi connectivity index (χ0v) is 14.3. The lowest BCUT2D eigenvalue weighted by Crippen LogP contribution is -2.48. The molecule has 1 aliphatic rings. The molecule has 1 aliphatic heterocycles. The van der Waals surface area contributed by atoms with Crippen molar-refractivity contribution in [1.29, 1.82) is 0 Å². The Bertz CT molecular complexity index is 738. The highest BCUT2D eigenvalue weighted by molar-refractivity contribution is 5.76. The first-order valence-corrected chi connectivity index (χ1v) is 8.46. The van der Waals surface area contributed by atoms with E-state index in [9.17, 15) is 13.6 Å². The summed E-state index contributed by atoms with van der Waals surface area (Å²) >= 11 is 0. The lowest BCUT2D eigenvalue weighted by Gasteiger charge is -2.34. The van der Waals surface area contributed by atoms with Gasteiger partial charge in [-0.3, -0.25) is 14.4 Å². The molecule has 134 valence electrons. The van der Waals surface area contributed by atoms with Gasteiger partial charge in [0.25, 0.3) is 0 Å². The van der Waals surface area contributed by atoms with Gasteiger partial charge in [0.15, 0.2) is 11.6 Å². The number of benzene rings is 1. The van der Waals surface area contributed by atoms with Crippen LogP contribution >= 0.6 is 0 Å². The first-order valence-electron chi connectivity index (χ1n) is 8.46. The SMILES string of the molecule is Cc1ccn(CCC(=O)N2CCN(Cc3cccc(F)c3F)CC2)n1. The van der Waals surface area contributed by atoms with E-state index in [0.717, 1.165) is 11.8 Å². The summed E-state index contributed by atoms with van der Waals surface area (Å²) in [6.07, 6.45) is 2.29. The third-order valence-corrected chi connectivity index (χ3v) is 4.48.